The third-order valence-electron chi connectivity index (χ3n) is 5.14. The lowest BCUT2D eigenvalue weighted by Gasteiger charge is -2.39. The predicted octanol–water partition coefficient (Wildman–Crippen LogP) is 6.60. The van der Waals surface area contributed by atoms with Gasteiger partial charge in [0.1, 0.15) is 0 Å². The van der Waals surface area contributed by atoms with Crippen molar-refractivity contribution >= 4 is 24.2 Å². The van der Waals surface area contributed by atoms with Gasteiger partial charge >= 0.3 is 0 Å². The number of hydrogen-bond acceptors (Lipinski definition) is 2. The number of hydrogen-bond donors (Lipinski definition) is 0. The van der Waals surface area contributed by atoms with Gasteiger partial charge in [-0.25, -0.2) is 0 Å². The Morgan fingerprint density at radius 3 is 1.96 bits per heavy atom. The summed E-state index contributed by atoms with van der Waals surface area (Å²) in [5, 5.41) is 2.23. The third kappa shape index (κ3) is 3.71. The quantitative estimate of drug-likeness (QED) is 0.419. The second-order valence-corrected chi connectivity index (χ2v) is 13.4. The van der Waals surface area contributed by atoms with Crippen LogP contribution in [0, 0.1) is 0 Å². The maximum Gasteiger partial charge on any atom is 0.240 e. The van der Waals surface area contributed by atoms with Crippen LogP contribution in [0.4, 0.5) is 0 Å². The normalized spacial score (nSPS) is 12.1. The van der Waals surface area contributed by atoms with Gasteiger partial charge in [0.2, 0.25) is 8.32 Å². The number of benzene rings is 2. The van der Waals surface area contributed by atoms with Crippen molar-refractivity contribution in [1.82, 2.24) is 0 Å². The van der Waals surface area contributed by atoms with E-state index in [1.807, 2.05) is 11.3 Å². The van der Waals surface area contributed by atoms with Gasteiger partial charge in [-0.05, 0) is 39.2 Å². The zero-order valence-electron chi connectivity index (χ0n) is 16.1. The van der Waals surface area contributed by atoms with E-state index in [9.17, 15) is 0 Å². The average molecular weight is 381 g/mol. The molecule has 2 aromatic carbocycles. The summed E-state index contributed by atoms with van der Waals surface area (Å²) in [6, 6.07) is 23.6. The summed E-state index contributed by atoms with van der Waals surface area (Å²) < 4.78 is 8.37. The van der Waals surface area contributed by atoms with Crippen molar-refractivity contribution in [1.29, 1.82) is 0 Å². The minimum atomic E-state index is -2.17. The van der Waals surface area contributed by atoms with Gasteiger partial charge in [0.15, 0.2) is 0 Å². The fraction of sp³-hybridized carbons (Fsp3) is 0.304. The largest absolute Gasteiger partial charge is 0.407 e. The smallest absolute Gasteiger partial charge is 0.240 e. The molecule has 3 heteroatoms. The first-order valence-corrected chi connectivity index (χ1v) is 12.3. The molecule has 0 bridgehead atoms. The molecular formula is C23H28OSSi. The van der Waals surface area contributed by atoms with Crippen molar-refractivity contribution in [3.8, 4) is 11.1 Å². The Labute approximate surface area is 162 Å². The van der Waals surface area contributed by atoms with Crippen LogP contribution < -0.4 is 4.50 Å². The summed E-state index contributed by atoms with van der Waals surface area (Å²) in [6.07, 6.45) is 0. The molecule has 0 spiro atoms. The predicted molar refractivity (Wildman–Crippen MR) is 117 cm³/mol. The molecule has 26 heavy (non-hydrogen) atoms. The molecule has 0 radical (unpaired) electrons. The third-order valence-corrected chi connectivity index (χ3v) is 12.2. The van der Waals surface area contributed by atoms with Gasteiger partial charge in [0.25, 0.3) is 0 Å². The Balaban J connectivity index is 2.04. The van der Waals surface area contributed by atoms with E-state index in [-0.39, 0.29) is 0 Å². The molecule has 0 saturated heterocycles. The van der Waals surface area contributed by atoms with E-state index in [2.05, 4.69) is 99.8 Å². The lowest BCUT2D eigenvalue weighted by Crippen LogP contribution is -2.55. The summed E-state index contributed by atoms with van der Waals surface area (Å²) >= 11 is 1.88. The highest BCUT2D eigenvalue weighted by molar-refractivity contribution is 7.25. The average Bonchev–Trinajstić information content (AvgIpc) is 3.13. The van der Waals surface area contributed by atoms with Gasteiger partial charge in [0.05, 0.1) is 6.61 Å². The van der Waals surface area contributed by atoms with E-state index in [1.165, 1.54) is 21.2 Å². The van der Waals surface area contributed by atoms with Crippen LogP contribution in [0.3, 0.4) is 0 Å². The van der Waals surface area contributed by atoms with Gasteiger partial charge in [0, 0.05) is 4.50 Å². The fourth-order valence-corrected chi connectivity index (χ4v) is 11.2. The Morgan fingerprint density at radius 2 is 1.38 bits per heavy atom. The molecule has 0 fully saturated rings. The summed E-state index contributed by atoms with van der Waals surface area (Å²) in [5.41, 5.74) is 4.92. The first-order chi connectivity index (χ1) is 12.6. The molecule has 3 aromatic rings. The van der Waals surface area contributed by atoms with E-state index in [0.29, 0.717) is 17.7 Å². The second kappa shape index (κ2) is 8.34. The van der Waals surface area contributed by atoms with Gasteiger partial charge in [-0.3, -0.25) is 0 Å². The summed E-state index contributed by atoms with van der Waals surface area (Å²) in [5.74, 6) is 0. The monoisotopic (exact) mass is 380 g/mol. The zero-order valence-corrected chi connectivity index (χ0v) is 17.9. The SMILES string of the molecule is CC(C)[Si](OCc1ccccc1)(c1sccc1-c1ccccc1)C(C)C. The molecule has 0 unspecified atom stereocenters. The molecule has 3 rings (SSSR count). The van der Waals surface area contributed by atoms with E-state index in [4.69, 9.17) is 4.43 Å². The molecule has 0 N–H and O–H groups in total. The van der Waals surface area contributed by atoms with Crippen molar-refractivity contribution in [2.45, 2.75) is 45.4 Å². The molecule has 0 aliphatic carbocycles. The van der Waals surface area contributed by atoms with Crippen LogP contribution in [-0.4, -0.2) is 8.32 Å². The van der Waals surface area contributed by atoms with Crippen LogP contribution in [0.5, 0.6) is 0 Å². The highest BCUT2D eigenvalue weighted by Crippen LogP contribution is 2.38. The van der Waals surface area contributed by atoms with Crippen molar-refractivity contribution in [2.75, 3.05) is 0 Å². The Morgan fingerprint density at radius 1 is 0.808 bits per heavy atom. The first-order valence-electron chi connectivity index (χ1n) is 9.37. The van der Waals surface area contributed by atoms with Crippen molar-refractivity contribution in [2.24, 2.45) is 0 Å². The maximum absolute atomic E-state index is 6.89. The highest BCUT2D eigenvalue weighted by atomic mass is 32.1. The van der Waals surface area contributed by atoms with E-state index < -0.39 is 8.32 Å². The summed E-state index contributed by atoms with van der Waals surface area (Å²) in [7, 11) is -2.17. The van der Waals surface area contributed by atoms with Crippen LogP contribution in [0.15, 0.2) is 72.1 Å². The van der Waals surface area contributed by atoms with Crippen LogP contribution in [0.2, 0.25) is 11.1 Å². The maximum atomic E-state index is 6.89. The molecule has 0 saturated carbocycles. The van der Waals surface area contributed by atoms with Crippen LogP contribution >= 0.6 is 11.3 Å². The van der Waals surface area contributed by atoms with Crippen molar-refractivity contribution in [3.05, 3.63) is 77.7 Å². The molecule has 0 aliphatic heterocycles. The zero-order chi connectivity index (χ0) is 18.6. The molecule has 1 aromatic heterocycles. The van der Waals surface area contributed by atoms with E-state index >= 15 is 0 Å². The Bertz CT molecular complexity index is 800. The summed E-state index contributed by atoms with van der Waals surface area (Å²) in [4.78, 5) is 0. The van der Waals surface area contributed by atoms with E-state index in [0.717, 1.165) is 0 Å². The topological polar surface area (TPSA) is 9.23 Å². The minimum absolute atomic E-state index is 0.507. The van der Waals surface area contributed by atoms with Crippen LogP contribution in [-0.2, 0) is 11.0 Å². The Kier molecular flexibility index (Phi) is 6.12. The molecule has 0 atom stereocenters. The minimum Gasteiger partial charge on any atom is -0.407 e. The van der Waals surface area contributed by atoms with Crippen molar-refractivity contribution in [3.63, 3.8) is 0 Å². The molecule has 0 aliphatic rings. The first kappa shape index (κ1) is 19.1. The van der Waals surface area contributed by atoms with Gasteiger partial charge in [-0.15, -0.1) is 0 Å². The van der Waals surface area contributed by atoms with Gasteiger partial charge in [-0.1, -0.05) is 88.4 Å². The van der Waals surface area contributed by atoms with Crippen LogP contribution in [0.1, 0.15) is 33.3 Å². The molecule has 1 heterocycles. The molecule has 1 nitrogen and oxygen atoms in total. The van der Waals surface area contributed by atoms with E-state index in [1.54, 1.807) is 0 Å². The molecular weight excluding hydrogens is 352 g/mol. The highest BCUT2D eigenvalue weighted by Gasteiger charge is 2.46. The van der Waals surface area contributed by atoms with Gasteiger partial charge in [-0.2, -0.15) is 11.3 Å². The van der Waals surface area contributed by atoms with Crippen molar-refractivity contribution < 1.29 is 4.43 Å². The lowest BCUT2D eigenvalue weighted by molar-refractivity contribution is 0.283. The molecule has 136 valence electrons. The van der Waals surface area contributed by atoms with Gasteiger partial charge < -0.3 is 4.43 Å². The standard InChI is InChI=1S/C23H28OSSi/c1-18(2)26(19(3)4,24-17-20-11-7-5-8-12-20)23-22(15-16-25-23)21-13-9-6-10-14-21/h5-16,18-19H,17H2,1-4H3. The fourth-order valence-electron chi connectivity index (χ4n) is 3.82. The lowest BCUT2D eigenvalue weighted by atomic mass is 10.1. The number of thiophene rings is 1. The second-order valence-electron chi connectivity index (χ2n) is 7.41. The summed E-state index contributed by atoms with van der Waals surface area (Å²) in [6.45, 7) is 10.0. The Hall–Kier alpha value is -1.68. The molecule has 0 amide bonds. The number of rotatable bonds is 7. The van der Waals surface area contributed by atoms with Crippen LogP contribution in [0.25, 0.3) is 11.1 Å².